The maximum Gasteiger partial charge on any atom is 0.133 e. The van der Waals surface area contributed by atoms with Crippen LogP contribution in [0.5, 0.6) is 0 Å². The van der Waals surface area contributed by atoms with Crippen molar-refractivity contribution in [1.29, 1.82) is 5.26 Å². The van der Waals surface area contributed by atoms with Crippen molar-refractivity contribution in [3.05, 3.63) is 40.4 Å². The number of thiocyanates is 1. The van der Waals surface area contributed by atoms with E-state index < -0.39 is 0 Å². The molecule has 0 heterocycles. The lowest BCUT2D eigenvalue weighted by Gasteiger charge is -2.15. The molecule has 4 heteroatoms. The number of nitrogens with zero attached hydrogens (tertiary/aromatic N) is 1. The van der Waals surface area contributed by atoms with Crippen molar-refractivity contribution < 1.29 is 0 Å². The van der Waals surface area contributed by atoms with Gasteiger partial charge in [-0.25, -0.2) is 0 Å². The molecule has 0 spiro atoms. The number of benzene rings is 1. The van der Waals surface area contributed by atoms with Crippen LogP contribution in [0.4, 0.5) is 0 Å². The summed E-state index contributed by atoms with van der Waals surface area (Å²) in [4.78, 5) is 0. The summed E-state index contributed by atoms with van der Waals surface area (Å²) in [6.07, 6.45) is 2.36. The van der Waals surface area contributed by atoms with Gasteiger partial charge in [0.1, 0.15) is 5.40 Å². The van der Waals surface area contributed by atoms with Crippen LogP contribution in [0.2, 0.25) is 10.0 Å². The Labute approximate surface area is 115 Å². The second-order valence-corrected chi connectivity index (χ2v) is 5.86. The second-order valence-electron chi connectivity index (χ2n) is 4.12. The topological polar surface area (TPSA) is 23.8 Å². The molecular weight excluding hydrogens is 273 g/mol. The van der Waals surface area contributed by atoms with Gasteiger partial charge >= 0.3 is 0 Å². The Morgan fingerprint density at radius 3 is 2.65 bits per heavy atom. The van der Waals surface area contributed by atoms with Crippen molar-refractivity contribution in [2.24, 2.45) is 5.92 Å². The summed E-state index contributed by atoms with van der Waals surface area (Å²) in [5.74, 6) is 0.585. The van der Waals surface area contributed by atoms with Crippen LogP contribution in [0.1, 0.15) is 18.4 Å². The fraction of sp³-hybridized carbons (Fsp3) is 0.308. The summed E-state index contributed by atoms with van der Waals surface area (Å²) >= 11 is 13.2. The first-order valence-electron chi connectivity index (χ1n) is 5.32. The van der Waals surface area contributed by atoms with E-state index in [-0.39, 0.29) is 5.25 Å². The van der Waals surface area contributed by atoms with Gasteiger partial charge in [-0.2, -0.15) is 5.26 Å². The predicted octanol–water partition coefficient (Wildman–Crippen LogP) is 5.00. The quantitative estimate of drug-likeness (QED) is 0.726. The lowest BCUT2D eigenvalue weighted by Crippen LogP contribution is -2.06. The molecule has 0 aliphatic heterocycles. The van der Waals surface area contributed by atoms with E-state index >= 15 is 0 Å². The normalized spacial score (nSPS) is 16.3. The van der Waals surface area contributed by atoms with Crippen molar-refractivity contribution in [2.45, 2.75) is 18.1 Å². The van der Waals surface area contributed by atoms with E-state index in [1.807, 2.05) is 12.1 Å². The van der Waals surface area contributed by atoms with Gasteiger partial charge in [0.25, 0.3) is 0 Å². The minimum Gasteiger partial charge on any atom is -0.185 e. The summed E-state index contributed by atoms with van der Waals surface area (Å²) in [5.41, 5.74) is 1.94. The average molecular weight is 284 g/mol. The number of hydrogen-bond acceptors (Lipinski definition) is 2. The Hall–Kier alpha value is -0.620. The van der Waals surface area contributed by atoms with Gasteiger partial charge in [0.15, 0.2) is 0 Å². The molecular formula is C13H11Cl2NS. The van der Waals surface area contributed by atoms with Crippen LogP contribution in [-0.2, 0) is 0 Å². The van der Waals surface area contributed by atoms with Gasteiger partial charge in [-0.05, 0) is 53.8 Å². The molecule has 0 N–H and O–H groups in total. The molecule has 2 rings (SSSR count). The summed E-state index contributed by atoms with van der Waals surface area (Å²) in [5, 5.41) is 12.2. The predicted molar refractivity (Wildman–Crippen MR) is 75.2 cm³/mol. The first kappa shape index (κ1) is 12.8. The highest BCUT2D eigenvalue weighted by Gasteiger charge is 2.34. The summed E-state index contributed by atoms with van der Waals surface area (Å²) in [6, 6.07) is 5.49. The van der Waals surface area contributed by atoms with Gasteiger partial charge in [-0.1, -0.05) is 35.8 Å². The van der Waals surface area contributed by atoms with E-state index in [9.17, 15) is 0 Å². The smallest absolute Gasteiger partial charge is 0.133 e. The number of nitriles is 1. The van der Waals surface area contributed by atoms with Crippen LogP contribution < -0.4 is 0 Å². The number of rotatable bonds is 4. The van der Waals surface area contributed by atoms with Crippen LogP contribution in [0, 0.1) is 16.6 Å². The molecule has 1 aromatic rings. The van der Waals surface area contributed by atoms with E-state index in [0.29, 0.717) is 16.0 Å². The fourth-order valence-corrected chi connectivity index (χ4v) is 2.92. The maximum atomic E-state index is 8.83. The third kappa shape index (κ3) is 2.98. The second kappa shape index (κ2) is 5.35. The molecule has 1 saturated carbocycles. The molecule has 1 atom stereocenters. The van der Waals surface area contributed by atoms with Gasteiger partial charge in [-0.15, -0.1) is 0 Å². The van der Waals surface area contributed by atoms with Crippen LogP contribution in [0.15, 0.2) is 24.8 Å². The average Bonchev–Trinajstić information content (AvgIpc) is 3.13. The minimum absolute atomic E-state index is 0.178. The molecule has 1 aliphatic rings. The van der Waals surface area contributed by atoms with E-state index in [0.717, 1.165) is 11.1 Å². The standard InChI is InChI=1S/C13H11Cl2NS/c1-8(13(17-7-16)9-2-3-9)10-4-5-11(14)12(15)6-10/h4-6,9,13H,1-3H2. The van der Waals surface area contributed by atoms with Crippen LogP contribution >= 0.6 is 35.0 Å². The van der Waals surface area contributed by atoms with Gasteiger partial charge in [0.2, 0.25) is 0 Å². The highest BCUT2D eigenvalue weighted by Crippen LogP contribution is 2.44. The molecule has 0 bridgehead atoms. The highest BCUT2D eigenvalue weighted by molar-refractivity contribution is 8.04. The Balaban J connectivity index is 2.22. The third-order valence-electron chi connectivity index (χ3n) is 2.86. The molecule has 0 aromatic heterocycles. The third-order valence-corrected chi connectivity index (χ3v) is 4.63. The van der Waals surface area contributed by atoms with Gasteiger partial charge < -0.3 is 0 Å². The SMILES string of the molecule is C=C(c1ccc(Cl)c(Cl)c1)C(SC#N)C1CC1. The zero-order chi connectivity index (χ0) is 12.4. The van der Waals surface area contributed by atoms with E-state index in [4.69, 9.17) is 28.5 Å². The summed E-state index contributed by atoms with van der Waals surface area (Å²) in [7, 11) is 0. The molecule has 1 aliphatic carbocycles. The lowest BCUT2D eigenvalue weighted by molar-refractivity contribution is 0.899. The monoisotopic (exact) mass is 283 g/mol. The number of halogens is 2. The van der Waals surface area contributed by atoms with Crippen molar-refractivity contribution in [1.82, 2.24) is 0 Å². The van der Waals surface area contributed by atoms with E-state index in [1.54, 1.807) is 6.07 Å². The number of hydrogen-bond donors (Lipinski definition) is 0. The molecule has 1 aromatic carbocycles. The molecule has 1 nitrogen and oxygen atoms in total. The Morgan fingerprint density at radius 1 is 1.41 bits per heavy atom. The summed E-state index contributed by atoms with van der Waals surface area (Å²) < 4.78 is 0. The highest BCUT2D eigenvalue weighted by atomic mass is 35.5. The van der Waals surface area contributed by atoms with Crippen molar-refractivity contribution >= 4 is 40.5 Å². The Morgan fingerprint density at radius 2 is 2.12 bits per heavy atom. The first-order chi connectivity index (χ1) is 8.13. The van der Waals surface area contributed by atoms with Gasteiger partial charge in [-0.3, -0.25) is 0 Å². The minimum atomic E-state index is 0.178. The van der Waals surface area contributed by atoms with Crippen LogP contribution in [0.25, 0.3) is 5.57 Å². The molecule has 0 saturated heterocycles. The maximum absolute atomic E-state index is 8.83. The van der Waals surface area contributed by atoms with E-state index in [1.165, 1.54) is 24.6 Å². The van der Waals surface area contributed by atoms with Crippen LogP contribution in [-0.4, -0.2) is 5.25 Å². The molecule has 1 fully saturated rings. The largest absolute Gasteiger partial charge is 0.185 e. The van der Waals surface area contributed by atoms with Crippen molar-refractivity contribution in [3.63, 3.8) is 0 Å². The molecule has 88 valence electrons. The zero-order valence-electron chi connectivity index (χ0n) is 9.12. The van der Waals surface area contributed by atoms with Crippen molar-refractivity contribution in [2.75, 3.05) is 0 Å². The first-order valence-corrected chi connectivity index (χ1v) is 6.96. The van der Waals surface area contributed by atoms with Crippen molar-refractivity contribution in [3.8, 4) is 5.40 Å². The fourth-order valence-electron chi connectivity index (χ4n) is 1.77. The Bertz CT molecular complexity index is 489. The molecule has 0 radical (unpaired) electrons. The molecule has 1 unspecified atom stereocenters. The van der Waals surface area contributed by atoms with Crippen LogP contribution in [0.3, 0.4) is 0 Å². The van der Waals surface area contributed by atoms with Gasteiger partial charge in [0.05, 0.1) is 10.0 Å². The van der Waals surface area contributed by atoms with E-state index in [2.05, 4.69) is 12.0 Å². The number of thioether (sulfide) groups is 1. The van der Waals surface area contributed by atoms with Gasteiger partial charge in [0, 0.05) is 5.25 Å². The molecule has 17 heavy (non-hydrogen) atoms. The Kier molecular flexibility index (Phi) is 4.04. The molecule has 0 amide bonds. The lowest BCUT2D eigenvalue weighted by atomic mass is 10.0. The summed E-state index contributed by atoms with van der Waals surface area (Å²) in [6.45, 7) is 4.10. The zero-order valence-corrected chi connectivity index (χ0v) is 11.4.